The zero-order valence-corrected chi connectivity index (χ0v) is 17.7. The second-order valence-corrected chi connectivity index (χ2v) is 7.90. The monoisotopic (exact) mass is 421 g/mol. The van der Waals surface area contributed by atoms with Crippen molar-refractivity contribution < 1.29 is 17.9 Å². The summed E-state index contributed by atoms with van der Waals surface area (Å²) in [6, 6.07) is 7.66. The first-order valence-electron chi connectivity index (χ1n) is 10.8. The first kappa shape index (κ1) is 22.4. The minimum Gasteiger partial charge on any atom is -0.463 e. The number of aromatic nitrogens is 2. The van der Waals surface area contributed by atoms with Gasteiger partial charge in [0.25, 0.3) is 0 Å². The maximum atomic E-state index is 13.7. The van der Waals surface area contributed by atoms with Crippen LogP contribution in [0.15, 0.2) is 30.5 Å². The summed E-state index contributed by atoms with van der Waals surface area (Å²) in [5, 5.41) is 0. The van der Waals surface area contributed by atoms with Crippen molar-refractivity contribution in [1.29, 1.82) is 0 Å². The third-order valence-electron chi connectivity index (χ3n) is 5.69. The van der Waals surface area contributed by atoms with Crippen LogP contribution < -0.4 is 9.64 Å². The average Bonchev–Trinajstić information content (AvgIpc) is 3.27. The summed E-state index contributed by atoms with van der Waals surface area (Å²) >= 11 is 0. The maximum Gasteiger partial charge on any atom is 0.421 e. The standard InChI is InChI=1S/C23H30F3N3O/c1-3-4-5-10-15-30-22-27-16-19(23(24,25)26)21(28-22)29(2)20-14-9-8-13-18(20)17-11-6-7-12-17/h8-9,13-14,16-17H,3-7,10-12,15H2,1-2H3. The molecule has 0 radical (unpaired) electrons. The number of ether oxygens (including phenoxy) is 1. The fourth-order valence-corrected chi connectivity index (χ4v) is 4.06. The van der Waals surface area contributed by atoms with Crippen LogP contribution in [0.3, 0.4) is 0 Å². The van der Waals surface area contributed by atoms with Crippen molar-refractivity contribution >= 4 is 11.5 Å². The van der Waals surface area contributed by atoms with E-state index < -0.39 is 11.7 Å². The van der Waals surface area contributed by atoms with Gasteiger partial charge in [0, 0.05) is 18.9 Å². The Morgan fingerprint density at radius 2 is 1.83 bits per heavy atom. The molecule has 0 spiro atoms. The van der Waals surface area contributed by atoms with Crippen LogP contribution in [0.4, 0.5) is 24.7 Å². The van der Waals surface area contributed by atoms with Crippen molar-refractivity contribution in [2.75, 3.05) is 18.6 Å². The summed E-state index contributed by atoms with van der Waals surface area (Å²) in [6.45, 7) is 2.51. The number of unbranched alkanes of at least 4 members (excludes halogenated alkanes) is 3. The van der Waals surface area contributed by atoms with Gasteiger partial charge in [0.2, 0.25) is 0 Å². The maximum absolute atomic E-state index is 13.7. The third kappa shape index (κ3) is 5.43. The van der Waals surface area contributed by atoms with Gasteiger partial charge in [0.15, 0.2) is 5.82 Å². The van der Waals surface area contributed by atoms with Crippen LogP contribution in [-0.2, 0) is 6.18 Å². The van der Waals surface area contributed by atoms with Crippen molar-refractivity contribution in [3.8, 4) is 6.01 Å². The van der Waals surface area contributed by atoms with Crippen molar-refractivity contribution in [3.63, 3.8) is 0 Å². The van der Waals surface area contributed by atoms with Crippen molar-refractivity contribution in [1.82, 2.24) is 9.97 Å². The normalized spacial score (nSPS) is 14.8. The molecule has 0 saturated heterocycles. The second-order valence-electron chi connectivity index (χ2n) is 7.90. The topological polar surface area (TPSA) is 38.2 Å². The Morgan fingerprint density at radius 1 is 1.10 bits per heavy atom. The van der Waals surface area contributed by atoms with Crippen LogP contribution in [0.5, 0.6) is 6.01 Å². The Kier molecular flexibility index (Phi) is 7.56. The highest BCUT2D eigenvalue weighted by Crippen LogP contribution is 2.42. The minimum absolute atomic E-state index is 0.0142. The van der Waals surface area contributed by atoms with Crippen LogP contribution in [-0.4, -0.2) is 23.6 Å². The largest absolute Gasteiger partial charge is 0.463 e. The first-order chi connectivity index (χ1) is 14.4. The third-order valence-corrected chi connectivity index (χ3v) is 5.69. The van der Waals surface area contributed by atoms with E-state index in [0.717, 1.165) is 68.8 Å². The first-order valence-corrected chi connectivity index (χ1v) is 10.8. The SMILES string of the molecule is CCCCCCOc1ncc(C(F)(F)F)c(N(C)c2ccccc2C2CCCC2)n1. The van der Waals surface area contributed by atoms with Gasteiger partial charge in [-0.05, 0) is 36.8 Å². The molecular weight excluding hydrogens is 391 g/mol. The molecule has 0 amide bonds. The molecule has 2 aromatic rings. The number of alkyl halides is 3. The molecule has 7 heteroatoms. The quantitative estimate of drug-likeness (QED) is 0.414. The van der Waals surface area contributed by atoms with Gasteiger partial charge in [-0.25, -0.2) is 4.98 Å². The summed E-state index contributed by atoms with van der Waals surface area (Å²) in [6.07, 6.45) is 4.76. The number of anilines is 2. The highest BCUT2D eigenvalue weighted by Gasteiger charge is 2.37. The number of halogens is 3. The highest BCUT2D eigenvalue weighted by atomic mass is 19.4. The van der Waals surface area contributed by atoms with Gasteiger partial charge in [0.1, 0.15) is 5.56 Å². The lowest BCUT2D eigenvalue weighted by Crippen LogP contribution is -2.21. The average molecular weight is 422 g/mol. The molecule has 0 unspecified atom stereocenters. The molecule has 1 aliphatic carbocycles. The van der Waals surface area contributed by atoms with E-state index in [-0.39, 0.29) is 11.8 Å². The van der Waals surface area contributed by atoms with Gasteiger partial charge in [0.05, 0.1) is 6.61 Å². The zero-order chi connectivity index (χ0) is 21.6. The molecule has 0 atom stereocenters. The van der Waals surface area contributed by atoms with Crippen molar-refractivity contribution in [3.05, 3.63) is 41.6 Å². The summed E-state index contributed by atoms with van der Waals surface area (Å²) in [7, 11) is 1.64. The summed E-state index contributed by atoms with van der Waals surface area (Å²) < 4.78 is 46.7. The van der Waals surface area contributed by atoms with E-state index in [4.69, 9.17) is 4.74 Å². The number of para-hydroxylation sites is 1. The van der Waals surface area contributed by atoms with Crippen LogP contribution in [0.2, 0.25) is 0 Å². The molecule has 1 saturated carbocycles. The van der Waals surface area contributed by atoms with Gasteiger partial charge in [-0.1, -0.05) is 57.2 Å². The van der Waals surface area contributed by atoms with Gasteiger partial charge >= 0.3 is 12.2 Å². The van der Waals surface area contributed by atoms with Crippen molar-refractivity contribution in [2.45, 2.75) is 70.4 Å². The molecule has 1 aromatic heterocycles. The molecule has 0 N–H and O–H groups in total. The van der Waals surface area contributed by atoms with E-state index in [1.807, 2.05) is 24.3 Å². The van der Waals surface area contributed by atoms with Gasteiger partial charge in [-0.15, -0.1) is 0 Å². The summed E-state index contributed by atoms with van der Waals surface area (Å²) in [5.41, 5.74) is 0.971. The van der Waals surface area contributed by atoms with E-state index in [2.05, 4.69) is 16.9 Å². The Hall–Kier alpha value is -2.31. The molecule has 0 aliphatic heterocycles. The Morgan fingerprint density at radius 3 is 2.53 bits per heavy atom. The lowest BCUT2D eigenvalue weighted by molar-refractivity contribution is -0.137. The van der Waals surface area contributed by atoms with E-state index in [9.17, 15) is 13.2 Å². The smallest absolute Gasteiger partial charge is 0.421 e. The van der Waals surface area contributed by atoms with E-state index >= 15 is 0 Å². The number of rotatable bonds is 9. The summed E-state index contributed by atoms with van der Waals surface area (Å²) in [5.74, 6) is 0.195. The highest BCUT2D eigenvalue weighted by molar-refractivity contribution is 5.66. The number of nitrogens with zero attached hydrogens (tertiary/aromatic N) is 3. The molecular formula is C23H30F3N3O. The van der Waals surface area contributed by atoms with Crippen LogP contribution in [0.1, 0.15) is 75.3 Å². The second kappa shape index (κ2) is 10.1. The number of benzene rings is 1. The fraction of sp³-hybridized carbons (Fsp3) is 0.565. The van der Waals surface area contributed by atoms with Gasteiger partial charge < -0.3 is 9.64 Å². The van der Waals surface area contributed by atoms with E-state index in [1.165, 1.54) is 4.90 Å². The van der Waals surface area contributed by atoms with Gasteiger partial charge in [-0.3, -0.25) is 0 Å². The molecule has 30 heavy (non-hydrogen) atoms. The predicted octanol–water partition coefficient (Wildman–Crippen LogP) is 6.88. The van der Waals surface area contributed by atoms with Crippen molar-refractivity contribution in [2.24, 2.45) is 0 Å². The molecule has 1 heterocycles. The Labute approximate surface area is 176 Å². The van der Waals surface area contributed by atoms with E-state index in [1.54, 1.807) is 7.05 Å². The molecule has 3 rings (SSSR count). The van der Waals surface area contributed by atoms with E-state index in [0.29, 0.717) is 12.5 Å². The lowest BCUT2D eigenvalue weighted by Gasteiger charge is -2.26. The summed E-state index contributed by atoms with van der Waals surface area (Å²) in [4.78, 5) is 9.52. The van der Waals surface area contributed by atoms with Crippen LogP contribution >= 0.6 is 0 Å². The molecule has 1 aromatic carbocycles. The lowest BCUT2D eigenvalue weighted by atomic mass is 9.95. The predicted molar refractivity (Wildman–Crippen MR) is 112 cm³/mol. The Bertz CT molecular complexity index is 820. The molecule has 0 bridgehead atoms. The number of hydrogen-bond donors (Lipinski definition) is 0. The number of hydrogen-bond acceptors (Lipinski definition) is 4. The molecule has 1 aliphatic rings. The zero-order valence-electron chi connectivity index (χ0n) is 17.7. The Balaban J connectivity index is 1.89. The minimum atomic E-state index is -4.55. The van der Waals surface area contributed by atoms with Gasteiger partial charge in [-0.2, -0.15) is 18.2 Å². The van der Waals surface area contributed by atoms with Crippen LogP contribution in [0, 0.1) is 0 Å². The van der Waals surface area contributed by atoms with Crippen LogP contribution in [0.25, 0.3) is 0 Å². The molecule has 1 fully saturated rings. The molecule has 4 nitrogen and oxygen atoms in total. The fourth-order valence-electron chi connectivity index (χ4n) is 4.06. The molecule has 164 valence electrons.